The Hall–Kier alpha value is -2.43. The first-order valence-corrected chi connectivity index (χ1v) is 6.69. The lowest BCUT2D eigenvalue weighted by atomic mass is 10.2. The molecule has 0 amide bonds. The third kappa shape index (κ3) is 3.78. The van der Waals surface area contributed by atoms with Gasteiger partial charge in [-0.25, -0.2) is 14.2 Å². The first-order valence-electron chi connectivity index (χ1n) is 6.69. The molecule has 0 aliphatic carbocycles. The Labute approximate surface area is 123 Å². The van der Waals surface area contributed by atoms with E-state index in [9.17, 15) is 9.18 Å². The third-order valence-corrected chi connectivity index (χ3v) is 3.02. The zero-order chi connectivity index (χ0) is 15.2. The van der Waals surface area contributed by atoms with E-state index in [4.69, 9.17) is 4.74 Å². The van der Waals surface area contributed by atoms with E-state index in [1.165, 1.54) is 12.3 Å². The number of pyridine rings is 1. The lowest BCUT2D eigenvalue weighted by Gasteiger charge is -2.18. The molecule has 1 heterocycles. The van der Waals surface area contributed by atoms with Gasteiger partial charge in [-0.1, -0.05) is 18.2 Å². The van der Waals surface area contributed by atoms with Crippen molar-refractivity contribution in [3.8, 4) is 0 Å². The van der Waals surface area contributed by atoms with Gasteiger partial charge in [-0.3, -0.25) is 0 Å². The Balaban J connectivity index is 2.08. The maximum Gasteiger partial charge on any atom is 0.339 e. The highest BCUT2D eigenvalue weighted by molar-refractivity contribution is 5.89. The third-order valence-electron chi connectivity index (χ3n) is 3.02. The van der Waals surface area contributed by atoms with Crippen molar-refractivity contribution in [3.05, 3.63) is 59.5 Å². The average Bonchev–Trinajstić information content (AvgIpc) is 2.50. The lowest BCUT2D eigenvalue weighted by Crippen LogP contribution is -2.18. The molecule has 0 N–H and O–H groups in total. The molecule has 0 fully saturated rings. The molecule has 1 aromatic heterocycles. The molecule has 2 aromatic rings. The van der Waals surface area contributed by atoms with E-state index in [0.29, 0.717) is 30.1 Å². The highest BCUT2D eigenvalue weighted by Gasteiger charge is 2.10. The number of halogens is 1. The number of rotatable bonds is 5. The summed E-state index contributed by atoms with van der Waals surface area (Å²) in [6.07, 6.45) is 1.46. The van der Waals surface area contributed by atoms with E-state index < -0.39 is 5.97 Å². The minimum Gasteiger partial charge on any atom is -0.462 e. The smallest absolute Gasteiger partial charge is 0.339 e. The zero-order valence-electron chi connectivity index (χ0n) is 12.0. The number of benzene rings is 1. The van der Waals surface area contributed by atoms with Crippen molar-refractivity contribution in [3.63, 3.8) is 0 Å². The Morgan fingerprint density at radius 3 is 2.67 bits per heavy atom. The van der Waals surface area contributed by atoms with Crippen molar-refractivity contribution >= 4 is 11.8 Å². The number of carbonyl (C=O) groups is 1. The van der Waals surface area contributed by atoms with Crippen LogP contribution in [0.2, 0.25) is 0 Å². The number of nitrogens with zero attached hydrogens (tertiary/aromatic N) is 2. The number of hydrogen-bond acceptors (Lipinski definition) is 4. The molecule has 21 heavy (non-hydrogen) atoms. The quantitative estimate of drug-likeness (QED) is 0.793. The molecule has 0 unspecified atom stereocenters. The van der Waals surface area contributed by atoms with Crippen LogP contribution in [0.15, 0.2) is 42.6 Å². The summed E-state index contributed by atoms with van der Waals surface area (Å²) in [6.45, 7) is 2.48. The van der Waals surface area contributed by atoms with Crippen LogP contribution in [0.1, 0.15) is 22.8 Å². The van der Waals surface area contributed by atoms with Gasteiger partial charge in [-0.15, -0.1) is 0 Å². The van der Waals surface area contributed by atoms with Crippen LogP contribution in [0.5, 0.6) is 0 Å². The summed E-state index contributed by atoms with van der Waals surface area (Å²) in [5.41, 5.74) is 0.996. The molecule has 2 rings (SSSR count). The fourth-order valence-electron chi connectivity index (χ4n) is 1.91. The van der Waals surface area contributed by atoms with Crippen LogP contribution in [-0.2, 0) is 11.3 Å². The van der Waals surface area contributed by atoms with E-state index in [-0.39, 0.29) is 5.82 Å². The van der Waals surface area contributed by atoms with E-state index in [1.807, 2.05) is 11.9 Å². The predicted octanol–water partition coefficient (Wildman–Crippen LogP) is 3.03. The maximum atomic E-state index is 13.6. The molecule has 0 aliphatic rings. The second-order valence-corrected chi connectivity index (χ2v) is 4.57. The molecule has 0 radical (unpaired) electrons. The number of hydrogen-bond donors (Lipinski definition) is 0. The maximum absolute atomic E-state index is 13.6. The largest absolute Gasteiger partial charge is 0.462 e. The molecule has 0 atom stereocenters. The second kappa shape index (κ2) is 6.83. The van der Waals surface area contributed by atoms with Gasteiger partial charge >= 0.3 is 5.97 Å². The second-order valence-electron chi connectivity index (χ2n) is 4.57. The normalized spacial score (nSPS) is 10.2. The highest BCUT2D eigenvalue weighted by Crippen LogP contribution is 2.15. The number of ether oxygens (including phenoxy) is 1. The predicted molar refractivity (Wildman–Crippen MR) is 78.7 cm³/mol. The Bertz CT molecular complexity index is 614. The van der Waals surface area contributed by atoms with Gasteiger partial charge in [0.1, 0.15) is 11.6 Å². The molecular formula is C16H17FN2O2. The van der Waals surface area contributed by atoms with Crippen LogP contribution in [0.25, 0.3) is 0 Å². The molecule has 1 aromatic carbocycles. The first-order chi connectivity index (χ1) is 10.1. The van der Waals surface area contributed by atoms with Gasteiger partial charge < -0.3 is 9.64 Å². The fraction of sp³-hybridized carbons (Fsp3) is 0.250. The number of carbonyl (C=O) groups excluding carboxylic acids is 1. The van der Waals surface area contributed by atoms with Gasteiger partial charge in [0.2, 0.25) is 0 Å². The zero-order valence-corrected chi connectivity index (χ0v) is 12.0. The van der Waals surface area contributed by atoms with Crippen LogP contribution in [0.3, 0.4) is 0 Å². The summed E-state index contributed by atoms with van der Waals surface area (Å²) >= 11 is 0. The molecule has 5 heteroatoms. The van der Waals surface area contributed by atoms with E-state index in [2.05, 4.69) is 4.98 Å². The van der Waals surface area contributed by atoms with Gasteiger partial charge in [-0.2, -0.15) is 0 Å². The minimum absolute atomic E-state index is 0.243. The fourth-order valence-corrected chi connectivity index (χ4v) is 1.91. The Kier molecular flexibility index (Phi) is 4.87. The van der Waals surface area contributed by atoms with Crippen molar-refractivity contribution in [2.75, 3.05) is 18.6 Å². The van der Waals surface area contributed by atoms with E-state index >= 15 is 0 Å². The van der Waals surface area contributed by atoms with Gasteiger partial charge in [0.15, 0.2) is 0 Å². The Morgan fingerprint density at radius 2 is 2.05 bits per heavy atom. The topological polar surface area (TPSA) is 42.4 Å². The van der Waals surface area contributed by atoms with Crippen LogP contribution in [0.4, 0.5) is 10.2 Å². The summed E-state index contributed by atoms with van der Waals surface area (Å²) in [7, 11) is 1.82. The van der Waals surface area contributed by atoms with E-state index in [1.54, 1.807) is 37.3 Å². The summed E-state index contributed by atoms with van der Waals surface area (Å²) in [5.74, 6) is 0.0205. The highest BCUT2D eigenvalue weighted by atomic mass is 19.1. The average molecular weight is 288 g/mol. The van der Waals surface area contributed by atoms with Crippen molar-refractivity contribution in [2.45, 2.75) is 13.5 Å². The monoisotopic (exact) mass is 288 g/mol. The molecule has 0 bridgehead atoms. The summed E-state index contributed by atoms with van der Waals surface area (Å²) in [6, 6.07) is 9.99. The summed E-state index contributed by atoms with van der Waals surface area (Å²) in [5, 5.41) is 0. The molecule has 0 saturated carbocycles. The van der Waals surface area contributed by atoms with E-state index in [0.717, 1.165) is 0 Å². The SMILES string of the molecule is CCOC(=O)c1ccc(N(C)Cc2ccccc2F)nc1. The van der Waals surface area contributed by atoms with Gasteiger partial charge in [-0.05, 0) is 25.1 Å². The number of aromatic nitrogens is 1. The van der Waals surface area contributed by atoms with Crippen molar-refractivity contribution < 1.29 is 13.9 Å². The molecule has 110 valence electrons. The summed E-state index contributed by atoms with van der Waals surface area (Å²) in [4.78, 5) is 17.6. The minimum atomic E-state index is -0.395. The van der Waals surface area contributed by atoms with Crippen molar-refractivity contribution in [1.29, 1.82) is 0 Å². The standard InChI is InChI=1S/C16H17FN2O2/c1-3-21-16(20)12-8-9-15(18-10-12)19(2)11-13-6-4-5-7-14(13)17/h4-10H,3,11H2,1-2H3. The number of esters is 1. The number of anilines is 1. The molecular weight excluding hydrogens is 271 g/mol. The molecule has 0 spiro atoms. The van der Waals surface area contributed by atoms with Gasteiger partial charge in [0, 0.05) is 25.4 Å². The van der Waals surface area contributed by atoms with Crippen molar-refractivity contribution in [1.82, 2.24) is 4.98 Å². The molecule has 0 aliphatic heterocycles. The Morgan fingerprint density at radius 1 is 1.29 bits per heavy atom. The van der Waals surface area contributed by atoms with Crippen molar-refractivity contribution in [2.24, 2.45) is 0 Å². The molecule has 0 saturated heterocycles. The van der Waals surface area contributed by atoms with Crippen LogP contribution < -0.4 is 4.90 Å². The lowest BCUT2D eigenvalue weighted by molar-refractivity contribution is 0.0526. The van der Waals surface area contributed by atoms with Crippen LogP contribution >= 0.6 is 0 Å². The van der Waals surface area contributed by atoms with Crippen LogP contribution in [0, 0.1) is 5.82 Å². The van der Waals surface area contributed by atoms with Crippen LogP contribution in [-0.4, -0.2) is 24.6 Å². The van der Waals surface area contributed by atoms with Gasteiger partial charge in [0.25, 0.3) is 0 Å². The summed E-state index contributed by atoms with van der Waals surface area (Å²) < 4.78 is 18.5. The van der Waals surface area contributed by atoms with Gasteiger partial charge in [0.05, 0.1) is 12.2 Å². The first kappa shape index (κ1) is 15.0. The molecule has 4 nitrogen and oxygen atoms in total.